The second-order valence-electron chi connectivity index (χ2n) is 8.46. The Bertz CT molecular complexity index is 1540. The van der Waals surface area contributed by atoms with Crippen LogP contribution in [0.15, 0.2) is 83.4 Å². The number of hydrogen-bond acceptors (Lipinski definition) is 6. The van der Waals surface area contributed by atoms with Gasteiger partial charge in [-0.2, -0.15) is 0 Å². The Kier molecular flexibility index (Phi) is 6.57. The molecule has 0 aliphatic carbocycles. The predicted octanol–water partition coefficient (Wildman–Crippen LogP) is 5.04. The van der Waals surface area contributed by atoms with E-state index in [4.69, 9.17) is 21.4 Å². The summed E-state index contributed by atoms with van der Waals surface area (Å²) in [7, 11) is -2.10. The molecule has 4 aromatic rings. The Labute approximate surface area is 219 Å². The molecule has 0 spiro atoms. The van der Waals surface area contributed by atoms with Gasteiger partial charge in [0, 0.05) is 17.4 Å². The number of anilines is 2. The number of furan rings is 1. The fraction of sp³-hybridized carbons (Fsp3) is 0.154. The quantitative estimate of drug-likeness (QED) is 0.316. The minimum Gasteiger partial charge on any atom is -0.495 e. The number of benzene rings is 2. The van der Waals surface area contributed by atoms with Crippen molar-refractivity contribution in [3.8, 4) is 17.1 Å². The lowest BCUT2D eigenvalue weighted by atomic mass is 10.0. The van der Waals surface area contributed by atoms with Crippen molar-refractivity contribution in [2.75, 3.05) is 23.0 Å². The van der Waals surface area contributed by atoms with Crippen LogP contribution in [0.25, 0.3) is 11.3 Å². The van der Waals surface area contributed by atoms with Crippen LogP contribution in [-0.2, 0) is 10.0 Å². The number of thiocarbonyl (C=S) groups is 1. The zero-order valence-electron chi connectivity index (χ0n) is 19.9. The SMILES string of the molecule is COc1ccc(N2C(=S)N[C@@H](c3ccccn3)[C@H]2c2ccc(-c3ccc(F)cc3)o2)cc1NS(C)(=O)=O. The fourth-order valence-corrected chi connectivity index (χ4v) is 5.23. The van der Waals surface area contributed by atoms with Crippen LogP contribution >= 0.6 is 12.2 Å². The summed E-state index contributed by atoms with van der Waals surface area (Å²) in [5.74, 6) is 1.19. The molecule has 2 N–H and O–H groups in total. The molecular weight excluding hydrogens is 515 g/mol. The summed E-state index contributed by atoms with van der Waals surface area (Å²) in [4.78, 5) is 6.38. The molecule has 190 valence electrons. The van der Waals surface area contributed by atoms with E-state index in [-0.39, 0.29) is 17.5 Å². The Morgan fingerprint density at radius 1 is 1.11 bits per heavy atom. The van der Waals surface area contributed by atoms with Crippen molar-refractivity contribution >= 4 is 38.7 Å². The minimum atomic E-state index is -3.57. The maximum atomic E-state index is 13.4. The molecule has 0 bridgehead atoms. The fourth-order valence-electron chi connectivity index (χ4n) is 4.33. The maximum Gasteiger partial charge on any atom is 0.229 e. The van der Waals surface area contributed by atoms with E-state index in [1.54, 1.807) is 36.5 Å². The Morgan fingerprint density at radius 2 is 1.89 bits per heavy atom. The van der Waals surface area contributed by atoms with Crippen LogP contribution in [0.5, 0.6) is 5.75 Å². The molecule has 3 heterocycles. The van der Waals surface area contributed by atoms with Gasteiger partial charge in [-0.05, 0) is 78.9 Å². The monoisotopic (exact) mass is 538 g/mol. The van der Waals surface area contributed by atoms with Gasteiger partial charge in [0.15, 0.2) is 5.11 Å². The standard InChI is InChI=1S/C26H23FN4O4S2/c1-34-22-11-10-18(15-20(22)30-37(2,32)33)31-25(24(29-26(31)36)19-5-3-4-14-28-19)23-13-12-21(35-23)16-6-8-17(27)9-7-16/h3-15,24-25,30H,1-2H3,(H,29,36)/t24-,25+/m0/s1. The van der Waals surface area contributed by atoms with Crippen LogP contribution < -0.4 is 19.7 Å². The summed E-state index contributed by atoms with van der Waals surface area (Å²) >= 11 is 5.74. The molecule has 37 heavy (non-hydrogen) atoms. The molecule has 2 aromatic heterocycles. The molecule has 0 radical (unpaired) electrons. The summed E-state index contributed by atoms with van der Waals surface area (Å²) in [5, 5.41) is 3.75. The van der Waals surface area contributed by atoms with Crippen molar-refractivity contribution in [2.24, 2.45) is 0 Å². The first-order chi connectivity index (χ1) is 17.7. The van der Waals surface area contributed by atoms with Crippen LogP contribution in [-0.4, -0.2) is 31.9 Å². The highest BCUT2D eigenvalue weighted by Crippen LogP contribution is 2.44. The van der Waals surface area contributed by atoms with Crippen molar-refractivity contribution in [3.05, 3.63) is 96.3 Å². The third kappa shape index (κ3) is 5.13. The number of nitrogens with zero attached hydrogens (tertiary/aromatic N) is 2. The highest BCUT2D eigenvalue weighted by molar-refractivity contribution is 7.92. The lowest BCUT2D eigenvalue weighted by molar-refractivity contribution is 0.416. The summed E-state index contributed by atoms with van der Waals surface area (Å²) < 4.78 is 51.5. The van der Waals surface area contributed by atoms with Gasteiger partial charge in [-0.15, -0.1) is 0 Å². The molecule has 2 aromatic carbocycles. The average Bonchev–Trinajstić information content (AvgIpc) is 3.48. The van der Waals surface area contributed by atoms with Crippen molar-refractivity contribution < 1.29 is 22.0 Å². The predicted molar refractivity (Wildman–Crippen MR) is 143 cm³/mol. The zero-order chi connectivity index (χ0) is 26.2. The Hall–Kier alpha value is -3.96. The van der Waals surface area contributed by atoms with Gasteiger partial charge in [0.2, 0.25) is 10.0 Å². The van der Waals surface area contributed by atoms with E-state index in [0.717, 1.165) is 17.5 Å². The smallest absolute Gasteiger partial charge is 0.229 e. The van der Waals surface area contributed by atoms with Gasteiger partial charge in [-0.1, -0.05) is 6.07 Å². The van der Waals surface area contributed by atoms with E-state index in [1.165, 1.54) is 19.2 Å². The van der Waals surface area contributed by atoms with Gasteiger partial charge < -0.3 is 19.4 Å². The molecule has 0 saturated carbocycles. The van der Waals surface area contributed by atoms with Crippen LogP contribution in [0.1, 0.15) is 23.5 Å². The highest BCUT2D eigenvalue weighted by atomic mass is 32.2. The molecule has 5 rings (SSSR count). The molecule has 1 fully saturated rings. The van der Waals surface area contributed by atoms with Gasteiger partial charge in [-0.3, -0.25) is 9.71 Å². The maximum absolute atomic E-state index is 13.4. The molecule has 1 aliphatic rings. The molecule has 0 amide bonds. The Balaban J connectivity index is 1.61. The summed E-state index contributed by atoms with van der Waals surface area (Å²) in [6.45, 7) is 0. The number of hydrogen-bond donors (Lipinski definition) is 2. The number of rotatable bonds is 7. The van der Waals surface area contributed by atoms with Crippen LogP contribution in [0.4, 0.5) is 15.8 Å². The number of nitrogens with one attached hydrogen (secondary N) is 2. The largest absolute Gasteiger partial charge is 0.495 e. The second-order valence-corrected chi connectivity index (χ2v) is 10.6. The minimum absolute atomic E-state index is 0.275. The molecule has 11 heteroatoms. The van der Waals surface area contributed by atoms with E-state index in [2.05, 4.69) is 15.0 Å². The molecule has 1 saturated heterocycles. The lowest BCUT2D eigenvalue weighted by Gasteiger charge is -2.27. The third-order valence-corrected chi connectivity index (χ3v) is 6.81. The van der Waals surface area contributed by atoms with Gasteiger partial charge in [0.1, 0.15) is 29.1 Å². The number of methoxy groups -OCH3 is 1. The first-order valence-electron chi connectivity index (χ1n) is 11.3. The third-order valence-electron chi connectivity index (χ3n) is 5.90. The van der Waals surface area contributed by atoms with E-state index in [0.29, 0.717) is 28.1 Å². The van der Waals surface area contributed by atoms with Gasteiger partial charge in [0.05, 0.1) is 30.8 Å². The normalized spacial score (nSPS) is 17.5. The van der Waals surface area contributed by atoms with Crippen LogP contribution in [0.3, 0.4) is 0 Å². The van der Waals surface area contributed by atoms with Crippen molar-refractivity contribution in [3.63, 3.8) is 0 Å². The van der Waals surface area contributed by atoms with Crippen molar-refractivity contribution in [1.29, 1.82) is 0 Å². The van der Waals surface area contributed by atoms with Gasteiger partial charge in [0.25, 0.3) is 0 Å². The molecular formula is C26H23FN4O4S2. The summed E-state index contributed by atoms with van der Waals surface area (Å²) in [6, 6.07) is 19.6. The second kappa shape index (κ2) is 9.83. The average molecular weight is 539 g/mol. The zero-order valence-corrected chi connectivity index (χ0v) is 21.5. The van der Waals surface area contributed by atoms with Crippen LogP contribution in [0.2, 0.25) is 0 Å². The first kappa shape index (κ1) is 24.7. The summed E-state index contributed by atoms with van der Waals surface area (Å²) in [5.41, 5.74) is 2.37. The molecule has 2 atom stereocenters. The number of aromatic nitrogens is 1. The molecule has 8 nitrogen and oxygen atoms in total. The molecule has 0 unspecified atom stereocenters. The number of ether oxygens (including phenoxy) is 1. The Morgan fingerprint density at radius 3 is 2.57 bits per heavy atom. The number of sulfonamides is 1. The van der Waals surface area contributed by atoms with Crippen LogP contribution in [0, 0.1) is 5.82 Å². The highest BCUT2D eigenvalue weighted by Gasteiger charge is 2.42. The molecule has 1 aliphatic heterocycles. The van der Waals surface area contributed by atoms with Gasteiger partial charge in [-0.25, -0.2) is 12.8 Å². The number of pyridine rings is 1. The van der Waals surface area contributed by atoms with Crippen molar-refractivity contribution in [1.82, 2.24) is 10.3 Å². The summed E-state index contributed by atoms with van der Waals surface area (Å²) in [6.07, 6.45) is 2.77. The van der Waals surface area contributed by atoms with Crippen molar-refractivity contribution in [2.45, 2.75) is 12.1 Å². The number of halogens is 1. The van der Waals surface area contributed by atoms with E-state index >= 15 is 0 Å². The van der Waals surface area contributed by atoms with E-state index in [1.807, 2.05) is 35.2 Å². The van der Waals surface area contributed by atoms with E-state index < -0.39 is 16.1 Å². The van der Waals surface area contributed by atoms with Gasteiger partial charge >= 0.3 is 0 Å². The topological polar surface area (TPSA) is 96.7 Å². The first-order valence-corrected chi connectivity index (χ1v) is 13.6. The van der Waals surface area contributed by atoms with E-state index in [9.17, 15) is 12.8 Å². The lowest BCUT2D eigenvalue weighted by Crippen LogP contribution is -2.29.